The van der Waals surface area contributed by atoms with Crippen LogP contribution in [-0.2, 0) is 4.79 Å². The van der Waals surface area contributed by atoms with Crippen LogP contribution in [0.15, 0.2) is 0 Å². The van der Waals surface area contributed by atoms with Crippen molar-refractivity contribution in [1.82, 2.24) is 15.1 Å². The summed E-state index contributed by atoms with van der Waals surface area (Å²) in [5.74, 6) is 0.267. The lowest BCUT2D eigenvalue weighted by atomic mass is 10.2. The molecule has 1 aliphatic heterocycles. The van der Waals surface area contributed by atoms with Gasteiger partial charge < -0.3 is 10.2 Å². The van der Waals surface area contributed by atoms with Gasteiger partial charge in [-0.1, -0.05) is 0 Å². The van der Waals surface area contributed by atoms with E-state index in [4.69, 9.17) is 5.26 Å². The zero-order valence-corrected chi connectivity index (χ0v) is 10.9. The van der Waals surface area contributed by atoms with Crippen molar-refractivity contribution in [2.75, 3.05) is 39.3 Å². The molecule has 2 rings (SSSR count). The summed E-state index contributed by atoms with van der Waals surface area (Å²) < 4.78 is 0. The Bertz CT molecular complexity index is 313. The molecule has 0 radical (unpaired) electrons. The Morgan fingerprint density at radius 2 is 2.00 bits per heavy atom. The van der Waals surface area contributed by atoms with Crippen molar-refractivity contribution in [3.63, 3.8) is 0 Å². The van der Waals surface area contributed by atoms with Gasteiger partial charge in [-0.2, -0.15) is 5.26 Å². The third-order valence-electron chi connectivity index (χ3n) is 3.61. The molecule has 0 spiro atoms. The number of amides is 1. The number of nitrogens with zero attached hydrogens (tertiary/aromatic N) is 3. The van der Waals surface area contributed by atoms with Gasteiger partial charge in [0.05, 0.1) is 6.07 Å². The first-order valence-electron chi connectivity index (χ1n) is 6.90. The highest BCUT2D eigenvalue weighted by molar-refractivity contribution is 5.76. The second-order valence-electron chi connectivity index (χ2n) is 5.11. The third-order valence-corrected chi connectivity index (χ3v) is 3.61. The Morgan fingerprint density at radius 1 is 1.28 bits per heavy atom. The molecule has 0 aromatic carbocycles. The fourth-order valence-electron chi connectivity index (χ4n) is 2.26. The van der Waals surface area contributed by atoms with Crippen molar-refractivity contribution < 1.29 is 4.79 Å². The van der Waals surface area contributed by atoms with E-state index in [0.717, 1.165) is 39.3 Å². The highest BCUT2D eigenvalue weighted by Crippen LogP contribution is 2.18. The largest absolute Gasteiger partial charge is 0.340 e. The molecule has 0 unspecified atom stereocenters. The minimum absolute atomic E-state index is 0.267. The molecule has 0 bridgehead atoms. The molecule has 5 nitrogen and oxygen atoms in total. The quantitative estimate of drug-likeness (QED) is 0.731. The third kappa shape index (κ3) is 4.28. The molecule has 100 valence electrons. The number of carbonyl (C=O) groups excluding carboxylic acids is 1. The number of hydrogen-bond donors (Lipinski definition) is 1. The van der Waals surface area contributed by atoms with Crippen LogP contribution in [0.1, 0.15) is 25.7 Å². The number of hydrogen-bond acceptors (Lipinski definition) is 4. The maximum Gasteiger partial charge on any atom is 0.223 e. The van der Waals surface area contributed by atoms with E-state index in [9.17, 15) is 4.79 Å². The molecule has 1 saturated carbocycles. The van der Waals surface area contributed by atoms with E-state index >= 15 is 0 Å². The molecule has 1 saturated heterocycles. The van der Waals surface area contributed by atoms with Crippen LogP contribution in [0.2, 0.25) is 0 Å². The Morgan fingerprint density at radius 3 is 2.61 bits per heavy atom. The van der Waals surface area contributed by atoms with Crippen molar-refractivity contribution in [3.05, 3.63) is 0 Å². The van der Waals surface area contributed by atoms with Gasteiger partial charge in [0.1, 0.15) is 0 Å². The molecule has 1 N–H and O–H groups in total. The van der Waals surface area contributed by atoms with Crippen molar-refractivity contribution in [3.8, 4) is 6.07 Å². The van der Waals surface area contributed by atoms with E-state index in [0.29, 0.717) is 18.9 Å². The first kappa shape index (κ1) is 13.3. The van der Waals surface area contributed by atoms with Gasteiger partial charge in [-0.3, -0.25) is 9.69 Å². The highest BCUT2D eigenvalue weighted by atomic mass is 16.2. The molecule has 0 aromatic heterocycles. The maximum absolute atomic E-state index is 11.9. The Hall–Kier alpha value is -1.12. The van der Waals surface area contributed by atoms with Gasteiger partial charge in [-0.05, 0) is 12.8 Å². The van der Waals surface area contributed by atoms with Crippen LogP contribution in [0.4, 0.5) is 0 Å². The molecular weight excluding hydrogens is 228 g/mol. The first-order chi connectivity index (χ1) is 8.79. The number of rotatable bonds is 6. The van der Waals surface area contributed by atoms with Crippen LogP contribution in [0.3, 0.4) is 0 Å². The van der Waals surface area contributed by atoms with Crippen LogP contribution < -0.4 is 5.32 Å². The molecule has 2 aliphatic rings. The topological polar surface area (TPSA) is 59.4 Å². The second-order valence-corrected chi connectivity index (χ2v) is 5.11. The lowest BCUT2D eigenvalue weighted by Crippen LogP contribution is -2.49. The van der Waals surface area contributed by atoms with Gasteiger partial charge in [0.15, 0.2) is 0 Å². The Balaban J connectivity index is 1.59. The minimum atomic E-state index is 0.267. The number of piperazine rings is 1. The molecule has 18 heavy (non-hydrogen) atoms. The molecule has 1 amide bonds. The number of carbonyl (C=O) groups is 1. The Kier molecular flexibility index (Phi) is 4.97. The van der Waals surface area contributed by atoms with E-state index in [1.807, 2.05) is 4.90 Å². The van der Waals surface area contributed by atoms with Crippen molar-refractivity contribution >= 4 is 5.91 Å². The van der Waals surface area contributed by atoms with E-state index < -0.39 is 0 Å². The lowest BCUT2D eigenvalue weighted by Gasteiger charge is -2.34. The van der Waals surface area contributed by atoms with Gasteiger partial charge in [0.25, 0.3) is 0 Å². The van der Waals surface area contributed by atoms with Crippen molar-refractivity contribution in [2.24, 2.45) is 0 Å². The first-order valence-corrected chi connectivity index (χ1v) is 6.90. The number of nitriles is 1. The summed E-state index contributed by atoms with van der Waals surface area (Å²) in [6.07, 6.45) is 3.74. The fourth-order valence-corrected chi connectivity index (χ4v) is 2.26. The maximum atomic E-state index is 11.9. The number of nitrogens with one attached hydrogen (secondary N) is 1. The monoisotopic (exact) mass is 250 g/mol. The second kappa shape index (κ2) is 6.72. The standard InChI is InChI=1S/C13H22N4O/c14-5-1-7-16-8-10-17(11-9-16)13(18)4-6-15-12-2-3-12/h12,15H,1-4,6-11H2. The van der Waals surface area contributed by atoms with Gasteiger partial charge >= 0.3 is 0 Å². The summed E-state index contributed by atoms with van der Waals surface area (Å²) in [5.41, 5.74) is 0. The zero-order chi connectivity index (χ0) is 12.8. The zero-order valence-electron chi connectivity index (χ0n) is 10.9. The molecule has 1 aliphatic carbocycles. The summed E-state index contributed by atoms with van der Waals surface area (Å²) in [4.78, 5) is 16.2. The molecular formula is C13H22N4O. The molecule has 2 fully saturated rings. The van der Waals surface area contributed by atoms with Gasteiger partial charge in [0, 0.05) is 58.2 Å². The smallest absolute Gasteiger partial charge is 0.223 e. The average molecular weight is 250 g/mol. The average Bonchev–Trinajstić information content (AvgIpc) is 3.21. The van der Waals surface area contributed by atoms with Crippen LogP contribution >= 0.6 is 0 Å². The van der Waals surface area contributed by atoms with E-state index in [-0.39, 0.29) is 5.91 Å². The van der Waals surface area contributed by atoms with Gasteiger partial charge in [-0.15, -0.1) is 0 Å². The SMILES string of the molecule is N#CCCN1CCN(C(=O)CCNC2CC2)CC1. The minimum Gasteiger partial charge on any atom is -0.340 e. The summed E-state index contributed by atoms with van der Waals surface area (Å²) in [6.45, 7) is 5.09. The van der Waals surface area contributed by atoms with Crippen molar-refractivity contribution in [2.45, 2.75) is 31.7 Å². The molecule has 0 aromatic rings. The molecule has 1 heterocycles. The van der Waals surface area contributed by atoms with E-state index in [1.165, 1.54) is 12.8 Å². The summed E-state index contributed by atoms with van der Waals surface area (Å²) in [5, 5.41) is 11.9. The summed E-state index contributed by atoms with van der Waals surface area (Å²) in [6, 6.07) is 2.84. The van der Waals surface area contributed by atoms with Crippen LogP contribution in [0, 0.1) is 11.3 Å². The van der Waals surface area contributed by atoms with E-state index in [1.54, 1.807) is 0 Å². The van der Waals surface area contributed by atoms with Gasteiger partial charge in [-0.25, -0.2) is 0 Å². The van der Waals surface area contributed by atoms with Crippen LogP contribution in [0.25, 0.3) is 0 Å². The predicted octanol–water partition coefficient (Wildman–Crippen LogP) is 0.186. The van der Waals surface area contributed by atoms with Crippen LogP contribution in [-0.4, -0.2) is 61.0 Å². The van der Waals surface area contributed by atoms with Crippen molar-refractivity contribution in [1.29, 1.82) is 5.26 Å². The lowest BCUT2D eigenvalue weighted by molar-refractivity contribution is -0.132. The summed E-state index contributed by atoms with van der Waals surface area (Å²) in [7, 11) is 0. The normalized spacial score (nSPS) is 20.7. The predicted molar refractivity (Wildman–Crippen MR) is 68.9 cm³/mol. The molecule has 0 atom stereocenters. The summed E-state index contributed by atoms with van der Waals surface area (Å²) >= 11 is 0. The molecule has 5 heteroatoms. The van der Waals surface area contributed by atoms with Crippen LogP contribution in [0.5, 0.6) is 0 Å². The highest BCUT2D eigenvalue weighted by Gasteiger charge is 2.22. The fraction of sp³-hybridized carbons (Fsp3) is 0.846. The van der Waals surface area contributed by atoms with E-state index in [2.05, 4.69) is 16.3 Å². The van der Waals surface area contributed by atoms with Gasteiger partial charge in [0.2, 0.25) is 5.91 Å². The Labute approximate surface area is 109 Å².